The summed E-state index contributed by atoms with van der Waals surface area (Å²) in [6, 6.07) is 8.38. The number of esters is 1. The van der Waals surface area contributed by atoms with Crippen molar-refractivity contribution < 1.29 is 19.1 Å². The number of ether oxygens (including phenoxy) is 2. The lowest BCUT2D eigenvalue weighted by Crippen LogP contribution is -2.47. The van der Waals surface area contributed by atoms with Gasteiger partial charge in [-0.25, -0.2) is 9.59 Å². The molecule has 0 bridgehead atoms. The molecule has 0 heterocycles. The Labute approximate surface area is 137 Å². The predicted octanol–water partition coefficient (Wildman–Crippen LogP) is 1.89. The van der Waals surface area contributed by atoms with Crippen molar-refractivity contribution in [2.24, 2.45) is 0 Å². The Kier molecular flexibility index (Phi) is 8.75. The van der Waals surface area contributed by atoms with Crippen LogP contribution in [0.5, 0.6) is 0 Å². The van der Waals surface area contributed by atoms with Crippen molar-refractivity contribution in [3.8, 4) is 0 Å². The van der Waals surface area contributed by atoms with Crippen molar-refractivity contribution in [3.63, 3.8) is 0 Å². The zero-order valence-electron chi connectivity index (χ0n) is 14.0. The highest BCUT2D eigenvalue weighted by molar-refractivity contribution is 5.83. The lowest BCUT2D eigenvalue weighted by atomic mass is 10.1. The summed E-state index contributed by atoms with van der Waals surface area (Å²) < 4.78 is 10.1. The van der Waals surface area contributed by atoms with Crippen molar-refractivity contribution in [3.05, 3.63) is 35.9 Å². The molecule has 1 aromatic carbocycles. The molecule has 0 unspecified atom stereocenters. The summed E-state index contributed by atoms with van der Waals surface area (Å²) in [7, 11) is 1.31. The molecule has 0 aliphatic rings. The van der Waals surface area contributed by atoms with Gasteiger partial charge in [0.05, 0.1) is 13.2 Å². The molecule has 2 amide bonds. The molecule has 1 atom stereocenters. The maximum atomic E-state index is 11.9. The molecule has 6 heteroatoms. The first-order valence-corrected chi connectivity index (χ1v) is 7.80. The lowest BCUT2D eigenvalue weighted by molar-refractivity contribution is -0.142. The van der Waals surface area contributed by atoms with E-state index in [9.17, 15) is 9.59 Å². The molecule has 0 aromatic heterocycles. The Hall–Kier alpha value is -2.08. The fourth-order valence-corrected chi connectivity index (χ4v) is 1.99. The quantitative estimate of drug-likeness (QED) is 0.538. The summed E-state index contributed by atoms with van der Waals surface area (Å²) in [6.45, 7) is 5.00. The fourth-order valence-electron chi connectivity index (χ4n) is 1.99. The highest BCUT2D eigenvalue weighted by atomic mass is 16.5. The van der Waals surface area contributed by atoms with Crippen molar-refractivity contribution in [1.82, 2.24) is 10.6 Å². The number of carbonyl (C=O) groups is 2. The minimum absolute atomic E-state index is 0.179. The van der Waals surface area contributed by atoms with Crippen molar-refractivity contribution in [1.29, 1.82) is 0 Å². The predicted molar refractivity (Wildman–Crippen MR) is 88.2 cm³/mol. The van der Waals surface area contributed by atoms with Crippen LogP contribution in [0.25, 0.3) is 0 Å². The van der Waals surface area contributed by atoms with E-state index in [1.165, 1.54) is 7.11 Å². The molecule has 128 valence electrons. The van der Waals surface area contributed by atoms with Crippen LogP contribution in [0.4, 0.5) is 4.79 Å². The first-order chi connectivity index (χ1) is 11.0. The van der Waals surface area contributed by atoms with Gasteiger partial charge in [-0.15, -0.1) is 0 Å². The monoisotopic (exact) mass is 322 g/mol. The van der Waals surface area contributed by atoms with Crippen LogP contribution in [0.2, 0.25) is 0 Å². The van der Waals surface area contributed by atoms with E-state index in [0.717, 1.165) is 5.56 Å². The molecule has 23 heavy (non-hydrogen) atoms. The minimum atomic E-state index is -0.714. The van der Waals surface area contributed by atoms with Crippen LogP contribution in [0.15, 0.2) is 30.3 Å². The summed E-state index contributed by atoms with van der Waals surface area (Å²) in [4.78, 5) is 23.7. The molecule has 0 radical (unpaired) electrons. The normalized spacial score (nSPS) is 11.8. The average Bonchev–Trinajstić information content (AvgIpc) is 2.53. The number of benzene rings is 1. The van der Waals surface area contributed by atoms with Gasteiger partial charge in [0.25, 0.3) is 0 Å². The van der Waals surface area contributed by atoms with Gasteiger partial charge in [0.1, 0.15) is 6.04 Å². The smallest absolute Gasteiger partial charge is 0.328 e. The van der Waals surface area contributed by atoms with E-state index < -0.39 is 12.0 Å². The second-order valence-electron chi connectivity index (χ2n) is 5.44. The Bertz CT molecular complexity index is 477. The standard InChI is InChI=1S/C17H26N2O4/c1-13(2)23-11-7-10-18-17(21)19-15(16(20)22-3)12-14-8-5-4-6-9-14/h4-6,8-9,13,15H,7,10-12H2,1-3H3,(H2,18,19,21)/t15-/m1/s1. The summed E-state index contributed by atoms with van der Waals surface area (Å²) in [6.07, 6.45) is 1.28. The van der Waals surface area contributed by atoms with Gasteiger partial charge in [0.15, 0.2) is 0 Å². The Morgan fingerprint density at radius 1 is 1.17 bits per heavy atom. The molecular weight excluding hydrogens is 296 g/mol. The van der Waals surface area contributed by atoms with Gasteiger partial charge in [0, 0.05) is 19.6 Å². The molecule has 0 spiro atoms. The van der Waals surface area contributed by atoms with Crippen molar-refractivity contribution in [2.45, 2.75) is 38.8 Å². The van der Waals surface area contributed by atoms with Crippen LogP contribution >= 0.6 is 0 Å². The van der Waals surface area contributed by atoms with Crippen LogP contribution in [-0.2, 0) is 20.7 Å². The number of hydrogen-bond acceptors (Lipinski definition) is 4. The molecular formula is C17H26N2O4. The van der Waals surface area contributed by atoms with E-state index in [2.05, 4.69) is 10.6 Å². The topological polar surface area (TPSA) is 76.7 Å². The third-order valence-electron chi connectivity index (χ3n) is 3.13. The highest BCUT2D eigenvalue weighted by Crippen LogP contribution is 2.04. The minimum Gasteiger partial charge on any atom is -0.467 e. The highest BCUT2D eigenvalue weighted by Gasteiger charge is 2.21. The van der Waals surface area contributed by atoms with Crippen LogP contribution < -0.4 is 10.6 Å². The molecule has 0 saturated carbocycles. The third kappa shape index (κ3) is 8.21. The average molecular weight is 322 g/mol. The fraction of sp³-hybridized carbons (Fsp3) is 0.529. The lowest BCUT2D eigenvalue weighted by Gasteiger charge is -2.17. The molecule has 0 aliphatic heterocycles. The van der Waals surface area contributed by atoms with Gasteiger partial charge in [-0.1, -0.05) is 30.3 Å². The first-order valence-electron chi connectivity index (χ1n) is 7.80. The van der Waals surface area contributed by atoms with Gasteiger partial charge in [-0.05, 0) is 25.8 Å². The van der Waals surface area contributed by atoms with E-state index in [1.54, 1.807) is 0 Å². The van der Waals surface area contributed by atoms with E-state index in [4.69, 9.17) is 9.47 Å². The number of methoxy groups -OCH3 is 1. The maximum Gasteiger partial charge on any atom is 0.328 e. The maximum absolute atomic E-state index is 11.9. The Morgan fingerprint density at radius 2 is 1.87 bits per heavy atom. The number of hydrogen-bond donors (Lipinski definition) is 2. The second kappa shape index (κ2) is 10.6. The molecule has 2 N–H and O–H groups in total. The Morgan fingerprint density at radius 3 is 2.48 bits per heavy atom. The molecule has 0 aliphatic carbocycles. The van der Waals surface area contributed by atoms with Gasteiger partial charge < -0.3 is 20.1 Å². The van der Waals surface area contributed by atoms with E-state index in [0.29, 0.717) is 26.0 Å². The second-order valence-corrected chi connectivity index (χ2v) is 5.44. The molecule has 0 saturated heterocycles. The zero-order chi connectivity index (χ0) is 17.1. The molecule has 1 rings (SSSR count). The Balaban J connectivity index is 2.41. The van der Waals surface area contributed by atoms with Crippen LogP contribution in [0, 0.1) is 0 Å². The van der Waals surface area contributed by atoms with Crippen LogP contribution in [0.3, 0.4) is 0 Å². The number of carbonyl (C=O) groups excluding carboxylic acids is 2. The number of amides is 2. The van der Waals surface area contributed by atoms with Crippen molar-refractivity contribution >= 4 is 12.0 Å². The van der Waals surface area contributed by atoms with Crippen LogP contribution in [0.1, 0.15) is 25.8 Å². The molecule has 6 nitrogen and oxygen atoms in total. The van der Waals surface area contributed by atoms with Crippen LogP contribution in [-0.4, -0.2) is 44.4 Å². The van der Waals surface area contributed by atoms with Gasteiger partial charge in [-0.3, -0.25) is 0 Å². The zero-order valence-corrected chi connectivity index (χ0v) is 14.0. The number of nitrogens with one attached hydrogen (secondary N) is 2. The SMILES string of the molecule is COC(=O)[C@@H](Cc1ccccc1)NC(=O)NCCCOC(C)C. The third-order valence-corrected chi connectivity index (χ3v) is 3.13. The largest absolute Gasteiger partial charge is 0.467 e. The molecule has 1 aromatic rings. The van der Waals surface area contributed by atoms with E-state index in [-0.39, 0.29) is 12.1 Å². The summed E-state index contributed by atoms with van der Waals surface area (Å²) in [5.41, 5.74) is 0.952. The number of rotatable bonds is 9. The van der Waals surface area contributed by atoms with Gasteiger partial charge >= 0.3 is 12.0 Å². The first kappa shape index (κ1) is 19.0. The van der Waals surface area contributed by atoms with Gasteiger partial charge in [0.2, 0.25) is 0 Å². The molecule has 0 fully saturated rings. The van der Waals surface area contributed by atoms with Crippen molar-refractivity contribution in [2.75, 3.05) is 20.3 Å². The summed E-state index contributed by atoms with van der Waals surface area (Å²) in [5.74, 6) is -0.466. The van der Waals surface area contributed by atoms with E-state index in [1.807, 2.05) is 44.2 Å². The van der Waals surface area contributed by atoms with Gasteiger partial charge in [-0.2, -0.15) is 0 Å². The summed E-state index contributed by atoms with van der Waals surface area (Å²) in [5, 5.41) is 5.36. The number of urea groups is 1. The summed E-state index contributed by atoms with van der Waals surface area (Å²) >= 11 is 0. The van der Waals surface area contributed by atoms with E-state index >= 15 is 0 Å².